The number of ether oxygens (including phenoxy) is 1. The number of rotatable bonds is 5. The van der Waals surface area contributed by atoms with E-state index >= 15 is 0 Å². The number of carbonyl (C=O) groups excluding carboxylic acids is 1. The molecule has 3 aromatic rings. The minimum atomic E-state index is -0.649. The topological polar surface area (TPSA) is 75.0 Å². The number of nitrogens with one attached hydrogen (secondary N) is 1. The van der Waals surface area contributed by atoms with Crippen LogP contribution in [0, 0.1) is 11.3 Å². The molecule has 25 heavy (non-hydrogen) atoms. The smallest absolute Gasteiger partial charge is 0.350 e. The largest absolute Gasteiger partial charge is 0.462 e. The number of hydrogen-bond acceptors (Lipinski definition) is 6. The van der Waals surface area contributed by atoms with Crippen molar-refractivity contribution in [2.45, 2.75) is 6.92 Å². The van der Waals surface area contributed by atoms with Gasteiger partial charge in [0.15, 0.2) is 10.7 Å². The summed E-state index contributed by atoms with van der Waals surface area (Å²) >= 11 is 1.40. The van der Waals surface area contributed by atoms with Crippen LogP contribution in [0.1, 0.15) is 6.92 Å². The maximum atomic E-state index is 11.6. The molecule has 0 amide bonds. The number of nitriles is 1. The van der Waals surface area contributed by atoms with E-state index in [0.717, 1.165) is 16.6 Å². The summed E-state index contributed by atoms with van der Waals surface area (Å²) in [5, 5.41) is 16.7. The number of carbonyl (C=O) groups is 1. The maximum absolute atomic E-state index is 11.6. The molecule has 1 N–H and O–H groups in total. The predicted molar refractivity (Wildman–Crippen MR) is 99.0 cm³/mol. The average molecular weight is 349 g/mol. The van der Waals surface area contributed by atoms with Gasteiger partial charge in [-0.25, -0.2) is 9.78 Å². The third-order valence-electron chi connectivity index (χ3n) is 3.51. The van der Waals surface area contributed by atoms with Crippen molar-refractivity contribution < 1.29 is 9.53 Å². The number of nitrogens with zero attached hydrogens (tertiary/aromatic N) is 2. The zero-order valence-electron chi connectivity index (χ0n) is 13.5. The van der Waals surface area contributed by atoms with Gasteiger partial charge in [-0.2, -0.15) is 5.26 Å². The highest BCUT2D eigenvalue weighted by atomic mass is 32.1. The van der Waals surface area contributed by atoms with Gasteiger partial charge in [0.1, 0.15) is 6.07 Å². The summed E-state index contributed by atoms with van der Waals surface area (Å²) < 4.78 is 4.81. The van der Waals surface area contributed by atoms with Crippen LogP contribution < -0.4 is 5.32 Å². The Morgan fingerprint density at radius 2 is 2.12 bits per heavy atom. The van der Waals surface area contributed by atoms with Gasteiger partial charge in [-0.3, -0.25) is 0 Å². The van der Waals surface area contributed by atoms with Gasteiger partial charge in [0.2, 0.25) is 0 Å². The van der Waals surface area contributed by atoms with Crippen LogP contribution in [0.2, 0.25) is 0 Å². The Hall–Kier alpha value is -3.17. The molecule has 0 saturated heterocycles. The fourth-order valence-electron chi connectivity index (χ4n) is 2.30. The van der Waals surface area contributed by atoms with Crippen molar-refractivity contribution >= 4 is 33.2 Å². The first-order chi connectivity index (χ1) is 12.2. The molecule has 124 valence electrons. The molecule has 0 atom stereocenters. The average Bonchev–Trinajstić information content (AvgIpc) is 3.11. The second kappa shape index (κ2) is 7.60. The molecule has 0 aliphatic heterocycles. The van der Waals surface area contributed by atoms with E-state index in [0.29, 0.717) is 5.13 Å². The molecule has 2 aromatic carbocycles. The lowest BCUT2D eigenvalue weighted by atomic mass is 10.1. The molecule has 1 heterocycles. The molecule has 0 radical (unpaired) electrons. The van der Waals surface area contributed by atoms with Gasteiger partial charge in [-0.1, -0.05) is 36.4 Å². The minimum Gasteiger partial charge on any atom is -0.462 e. The van der Waals surface area contributed by atoms with Gasteiger partial charge in [0.25, 0.3) is 0 Å². The van der Waals surface area contributed by atoms with Crippen LogP contribution in [0.4, 0.5) is 5.13 Å². The summed E-state index contributed by atoms with van der Waals surface area (Å²) in [7, 11) is 0. The third kappa shape index (κ3) is 3.84. The highest BCUT2D eigenvalue weighted by molar-refractivity contribution is 7.14. The van der Waals surface area contributed by atoms with E-state index in [9.17, 15) is 4.79 Å². The lowest BCUT2D eigenvalue weighted by Gasteiger charge is -2.01. The number of aromatic nitrogens is 1. The van der Waals surface area contributed by atoms with Crippen LogP contribution in [0.3, 0.4) is 0 Å². The first-order valence-corrected chi connectivity index (χ1v) is 8.58. The molecule has 3 rings (SSSR count). The highest BCUT2D eigenvalue weighted by Gasteiger charge is 2.10. The van der Waals surface area contributed by atoms with Crippen LogP contribution in [0.15, 0.2) is 59.6 Å². The standard InChI is InChI=1S/C19H15N3O2S/c1-2-24-18(23)16(10-20)11-21-19-22-17(12-25-19)15-8-7-13-5-3-4-6-14(13)9-15/h3-9,11-12H,2H2,1H3,(H,21,22)/b16-11+. The number of hydrogen-bond donors (Lipinski definition) is 1. The molecule has 0 bridgehead atoms. The summed E-state index contributed by atoms with van der Waals surface area (Å²) in [5.74, 6) is -0.649. The Balaban J connectivity index is 1.79. The van der Waals surface area contributed by atoms with Crippen molar-refractivity contribution in [3.8, 4) is 17.3 Å². The first kappa shape index (κ1) is 16.7. The summed E-state index contributed by atoms with van der Waals surface area (Å²) in [6.07, 6.45) is 1.32. The second-order valence-electron chi connectivity index (χ2n) is 5.13. The van der Waals surface area contributed by atoms with Crippen molar-refractivity contribution in [2.24, 2.45) is 0 Å². The van der Waals surface area contributed by atoms with Gasteiger partial charge in [-0.15, -0.1) is 11.3 Å². The van der Waals surface area contributed by atoms with Crippen molar-refractivity contribution in [2.75, 3.05) is 11.9 Å². The first-order valence-electron chi connectivity index (χ1n) is 7.70. The Bertz CT molecular complexity index is 985. The fraction of sp³-hybridized carbons (Fsp3) is 0.105. The number of esters is 1. The molecule has 6 heteroatoms. The Morgan fingerprint density at radius 1 is 1.32 bits per heavy atom. The summed E-state index contributed by atoms with van der Waals surface area (Å²) in [5.41, 5.74) is 1.75. The molecular weight excluding hydrogens is 334 g/mol. The lowest BCUT2D eigenvalue weighted by Crippen LogP contribution is -2.07. The summed E-state index contributed by atoms with van der Waals surface area (Å²) in [4.78, 5) is 16.1. The Kier molecular flexibility index (Phi) is 5.07. The van der Waals surface area contributed by atoms with Gasteiger partial charge in [-0.05, 0) is 23.8 Å². The SMILES string of the molecule is CCOC(=O)/C(C#N)=C/Nc1nc(-c2ccc3ccccc3c2)cs1. The molecule has 5 nitrogen and oxygen atoms in total. The van der Waals surface area contributed by atoms with Crippen LogP contribution in [-0.2, 0) is 9.53 Å². The molecule has 1 aromatic heterocycles. The Labute approximate surface area is 149 Å². The fourth-order valence-corrected chi connectivity index (χ4v) is 2.99. The van der Waals surface area contributed by atoms with E-state index in [4.69, 9.17) is 10.00 Å². The van der Waals surface area contributed by atoms with Crippen molar-refractivity contribution in [1.29, 1.82) is 5.26 Å². The van der Waals surface area contributed by atoms with Crippen LogP contribution in [0.25, 0.3) is 22.0 Å². The minimum absolute atomic E-state index is 0.0932. The van der Waals surface area contributed by atoms with Gasteiger partial charge < -0.3 is 10.1 Å². The molecular formula is C19H15N3O2S. The van der Waals surface area contributed by atoms with E-state index < -0.39 is 5.97 Å². The number of fused-ring (bicyclic) bond motifs is 1. The van der Waals surface area contributed by atoms with Gasteiger partial charge in [0.05, 0.1) is 12.3 Å². The van der Waals surface area contributed by atoms with E-state index in [1.165, 1.54) is 22.9 Å². The molecule has 0 fully saturated rings. The van der Waals surface area contributed by atoms with Crippen molar-refractivity contribution in [3.05, 3.63) is 59.6 Å². The normalized spacial score (nSPS) is 11.1. The van der Waals surface area contributed by atoms with E-state index in [1.54, 1.807) is 6.92 Å². The lowest BCUT2D eigenvalue weighted by molar-refractivity contribution is -0.138. The maximum Gasteiger partial charge on any atom is 0.350 e. The van der Waals surface area contributed by atoms with Crippen LogP contribution >= 0.6 is 11.3 Å². The van der Waals surface area contributed by atoms with Gasteiger partial charge in [0, 0.05) is 17.1 Å². The zero-order valence-corrected chi connectivity index (χ0v) is 14.3. The summed E-state index contributed by atoms with van der Waals surface area (Å²) in [6.45, 7) is 1.91. The number of anilines is 1. The van der Waals surface area contributed by atoms with Crippen LogP contribution in [0.5, 0.6) is 0 Å². The summed E-state index contributed by atoms with van der Waals surface area (Å²) in [6, 6.07) is 16.1. The van der Waals surface area contributed by atoms with Crippen LogP contribution in [-0.4, -0.2) is 17.6 Å². The zero-order chi connectivity index (χ0) is 17.6. The van der Waals surface area contributed by atoms with E-state index in [2.05, 4.69) is 34.6 Å². The quantitative estimate of drug-likeness (QED) is 0.421. The number of benzene rings is 2. The van der Waals surface area contributed by atoms with E-state index in [-0.39, 0.29) is 12.2 Å². The monoisotopic (exact) mass is 349 g/mol. The van der Waals surface area contributed by atoms with E-state index in [1.807, 2.05) is 29.6 Å². The molecule has 0 saturated carbocycles. The Morgan fingerprint density at radius 3 is 2.88 bits per heavy atom. The predicted octanol–water partition coefficient (Wildman–Crippen LogP) is 4.35. The third-order valence-corrected chi connectivity index (χ3v) is 4.28. The molecule has 0 aliphatic carbocycles. The molecule has 0 spiro atoms. The molecule has 0 aliphatic rings. The van der Waals surface area contributed by atoms with Crippen molar-refractivity contribution in [3.63, 3.8) is 0 Å². The van der Waals surface area contributed by atoms with Gasteiger partial charge >= 0.3 is 5.97 Å². The molecule has 0 unspecified atom stereocenters. The second-order valence-corrected chi connectivity index (χ2v) is 5.99. The van der Waals surface area contributed by atoms with Crippen molar-refractivity contribution in [1.82, 2.24) is 4.98 Å². The number of thiazole rings is 1. The highest BCUT2D eigenvalue weighted by Crippen LogP contribution is 2.27.